The summed E-state index contributed by atoms with van der Waals surface area (Å²) in [6.07, 6.45) is 9.12. The van der Waals surface area contributed by atoms with Crippen molar-refractivity contribution in [1.29, 1.82) is 0 Å². The molecule has 116 valence electrons. The number of carboxylic acids is 1. The van der Waals surface area contributed by atoms with Crippen LogP contribution in [0.3, 0.4) is 0 Å². The first-order chi connectivity index (χ1) is 9.55. The molecule has 1 saturated heterocycles. The second-order valence-corrected chi connectivity index (χ2v) is 7.27. The summed E-state index contributed by atoms with van der Waals surface area (Å²) < 4.78 is 0. The molecule has 1 aliphatic carbocycles. The molecule has 3 heteroatoms. The fourth-order valence-electron chi connectivity index (χ4n) is 4.28. The molecule has 1 saturated carbocycles. The van der Waals surface area contributed by atoms with E-state index in [9.17, 15) is 9.90 Å². The van der Waals surface area contributed by atoms with Crippen LogP contribution in [-0.4, -0.2) is 35.6 Å². The molecule has 0 spiro atoms. The number of rotatable bonds is 4. The van der Waals surface area contributed by atoms with Crippen LogP contribution in [0.25, 0.3) is 0 Å². The van der Waals surface area contributed by atoms with E-state index >= 15 is 0 Å². The molecule has 1 N–H and O–H groups in total. The Kier molecular flexibility index (Phi) is 5.48. The SMILES string of the molecule is CCC1CCCN(CC2(C(=O)O)CCCC(C)C2)CC1. The fraction of sp³-hybridized carbons (Fsp3) is 0.941. The van der Waals surface area contributed by atoms with Gasteiger partial charge in [-0.15, -0.1) is 0 Å². The third kappa shape index (κ3) is 3.75. The van der Waals surface area contributed by atoms with Crippen LogP contribution >= 0.6 is 0 Å². The van der Waals surface area contributed by atoms with Crippen molar-refractivity contribution in [2.75, 3.05) is 19.6 Å². The van der Waals surface area contributed by atoms with Crippen molar-refractivity contribution in [3.8, 4) is 0 Å². The Morgan fingerprint density at radius 3 is 2.70 bits per heavy atom. The molecule has 0 bridgehead atoms. The molecule has 1 heterocycles. The average Bonchev–Trinajstić information content (AvgIpc) is 2.63. The first kappa shape index (κ1) is 15.8. The van der Waals surface area contributed by atoms with Crippen LogP contribution in [0.5, 0.6) is 0 Å². The summed E-state index contributed by atoms with van der Waals surface area (Å²) in [5.41, 5.74) is -0.469. The van der Waals surface area contributed by atoms with Gasteiger partial charge in [0.15, 0.2) is 0 Å². The number of hydrogen-bond acceptors (Lipinski definition) is 2. The Morgan fingerprint density at radius 1 is 1.25 bits per heavy atom. The predicted molar refractivity (Wildman–Crippen MR) is 81.8 cm³/mol. The van der Waals surface area contributed by atoms with Crippen molar-refractivity contribution < 1.29 is 9.90 Å². The summed E-state index contributed by atoms with van der Waals surface area (Å²) in [6, 6.07) is 0. The molecule has 2 aliphatic rings. The van der Waals surface area contributed by atoms with E-state index in [1.54, 1.807) is 0 Å². The van der Waals surface area contributed by atoms with Crippen molar-refractivity contribution in [2.24, 2.45) is 17.3 Å². The molecule has 0 amide bonds. The van der Waals surface area contributed by atoms with Crippen LogP contribution in [0.4, 0.5) is 0 Å². The zero-order chi connectivity index (χ0) is 14.6. The number of likely N-dealkylation sites (tertiary alicyclic amines) is 1. The molecule has 3 atom stereocenters. The van der Waals surface area contributed by atoms with Gasteiger partial charge in [0.05, 0.1) is 5.41 Å². The van der Waals surface area contributed by atoms with Gasteiger partial charge < -0.3 is 10.0 Å². The van der Waals surface area contributed by atoms with E-state index in [2.05, 4.69) is 18.7 Å². The van der Waals surface area contributed by atoms with Crippen LogP contribution in [0.1, 0.15) is 65.2 Å². The second-order valence-electron chi connectivity index (χ2n) is 7.27. The fourth-order valence-corrected chi connectivity index (χ4v) is 4.28. The van der Waals surface area contributed by atoms with Crippen LogP contribution in [0, 0.1) is 17.3 Å². The Morgan fingerprint density at radius 2 is 2.05 bits per heavy atom. The molecule has 0 aromatic carbocycles. The van der Waals surface area contributed by atoms with Gasteiger partial charge in [0, 0.05) is 6.54 Å². The van der Waals surface area contributed by atoms with Gasteiger partial charge in [-0.2, -0.15) is 0 Å². The van der Waals surface area contributed by atoms with E-state index < -0.39 is 11.4 Å². The van der Waals surface area contributed by atoms with Gasteiger partial charge in [-0.1, -0.05) is 33.1 Å². The molecule has 0 aromatic heterocycles. The minimum Gasteiger partial charge on any atom is -0.481 e. The third-order valence-electron chi connectivity index (χ3n) is 5.59. The summed E-state index contributed by atoms with van der Waals surface area (Å²) in [7, 11) is 0. The summed E-state index contributed by atoms with van der Waals surface area (Å²) in [5, 5.41) is 9.78. The first-order valence-corrected chi connectivity index (χ1v) is 8.51. The van der Waals surface area contributed by atoms with Crippen molar-refractivity contribution in [3.05, 3.63) is 0 Å². The minimum atomic E-state index is -0.555. The molecule has 20 heavy (non-hydrogen) atoms. The van der Waals surface area contributed by atoms with Gasteiger partial charge in [-0.3, -0.25) is 4.79 Å². The second kappa shape index (κ2) is 6.93. The van der Waals surface area contributed by atoms with Gasteiger partial charge in [0.2, 0.25) is 0 Å². The molecular weight excluding hydrogens is 250 g/mol. The number of nitrogens with zero attached hydrogens (tertiary/aromatic N) is 1. The van der Waals surface area contributed by atoms with Crippen LogP contribution < -0.4 is 0 Å². The highest BCUT2D eigenvalue weighted by Gasteiger charge is 2.43. The van der Waals surface area contributed by atoms with Gasteiger partial charge in [-0.05, 0) is 57.0 Å². The van der Waals surface area contributed by atoms with Gasteiger partial charge >= 0.3 is 5.97 Å². The van der Waals surface area contributed by atoms with E-state index in [0.717, 1.165) is 44.8 Å². The monoisotopic (exact) mass is 281 g/mol. The quantitative estimate of drug-likeness (QED) is 0.852. The lowest BCUT2D eigenvalue weighted by atomic mass is 9.69. The zero-order valence-electron chi connectivity index (χ0n) is 13.2. The third-order valence-corrected chi connectivity index (χ3v) is 5.59. The highest BCUT2D eigenvalue weighted by atomic mass is 16.4. The maximum absolute atomic E-state index is 11.9. The van der Waals surface area contributed by atoms with E-state index in [0.29, 0.717) is 5.92 Å². The topological polar surface area (TPSA) is 40.5 Å². The van der Waals surface area contributed by atoms with E-state index in [4.69, 9.17) is 0 Å². The van der Waals surface area contributed by atoms with Crippen LogP contribution in [0.15, 0.2) is 0 Å². The normalized spacial score (nSPS) is 36.5. The molecule has 2 fully saturated rings. The number of carbonyl (C=O) groups is 1. The average molecular weight is 281 g/mol. The number of hydrogen-bond donors (Lipinski definition) is 1. The number of carboxylic acid groups (broad SMARTS) is 1. The Bertz CT molecular complexity index is 331. The standard InChI is InChI=1S/C17H31NO2/c1-3-15-7-5-10-18(11-8-15)13-17(16(19)20)9-4-6-14(2)12-17/h14-15H,3-13H2,1-2H3,(H,19,20). The molecule has 0 radical (unpaired) electrons. The Labute approximate surface area is 123 Å². The first-order valence-electron chi connectivity index (χ1n) is 8.51. The van der Waals surface area contributed by atoms with Gasteiger partial charge in [-0.25, -0.2) is 0 Å². The number of aliphatic carboxylic acids is 1. The lowest BCUT2D eigenvalue weighted by Crippen LogP contribution is -2.46. The van der Waals surface area contributed by atoms with Gasteiger partial charge in [0.1, 0.15) is 0 Å². The molecule has 1 aliphatic heterocycles. The molecule has 3 unspecified atom stereocenters. The zero-order valence-corrected chi connectivity index (χ0v) is 13.2. The highest BCUT2D eigenvalue weighted by Crippen LogP contribution is 2.40. The van der Waals surface area contributed by atoms with E-state index in [-0.39, 0.29) is 0 Å². The lowest BCUT2D eigenvalue weighted by Gasteiger charge is -2.40. The van der Waals surface area contributed by atoms with Crippen molar-refractivity contribution in [1.82, 2.24) is 4.90 Å². The van der Waals surface area contributed by atoms with Crippen molar-refractivity contribution in [2.45, 2.75) is 65.2 Å². The van der Waals surface area contributed by atoms with Crippen molar-refractivity contribution >= 4 is 5.97 Å². The summed E-state index contributed by atoms with van der Waals surface area (Å²) >= 11 is 0. The maximum atomic E-state index is 11.9. The van der Waals surface area contributed by atoms with Crippen LogP contribution in [0.2, 0.25) is 0 Å². The summed E-state index contributed by atoms with van der Waals surface area (Å²) in [4.78, 5) is 14.3. The Balaban J connectivity index is 1.99. The predicted octanol–water partition coefficient (Wildman–Crippen LogP) is 3.78. The maximum Gasteiger partial charge on any atom is 0.310 e. The summed E-state index contributed by atoms with van der Waals surface area (Å²) in [5.74, 6) is 0.863. The highest BCUT2D eigenvalue weighted by molar-refractivity contribution is 5.75. The molecule has 0 aromatic rings. The summed E-state index contributed by atoms with van der Waals surface area (Å²) in [6.45, 7) is 7.47. The minimum absolute atomic E-state index is 0.469. The molecule has 2 rings (SSSR count). The van der Waals surface area contributed by atoms with Crippen LogP contribution in [-0.2, 0) is 4.79 Å². The van der Waals surface area contributed by atoms with Crippen molar-refractivity contribution in [3.63, 3.8) is 0 Å². The lowest BCUT2D eigenvalue weighted by molar-refractivity contribution is -0.153. The van der Waals surface area contributed by atoms with E-state index in [1.165, 1.54) is 32.1 Å². The Hall–Kier alpha value is -0.570. The smallest absolute Gasteiger partial charge is 0.310 e. The molecule has 3 nitrogen and oxygen atoms in total. The van der Waals surface area contributed by atoms with Gasteiger partial charge in [0.25, 0.3) is 0 Å². The molecular formula is C17H31NO2. The largest absolute Gasteiger partial charge is 0.481 e. The van der Waals surface area contributed by atoms with E-state index in [1.807, 2.05) is 0 Å².